The van der Waals surface area contributed by atoms with Crippen molar-refractivity contribution in [2.45, 2.75) is 6.42 Å². The van der Waals surface area contributed by atoms with Crippen molar-refractivity contribution in [2.75, 3.05) is 18.5 Å². The third-order valence-corrected chi connectivity index (χ3v) is 3.48. The standard InChI is InChI=1S/C11H14N4S/c1-15(7-6-10(12)13)11-14-8-4-2-3-5-9(8)16-11/h2-5H,6-7H2,1H3,(H3,12,13). The number of thiazole rings is 1. The second-order valence-corrected chi connectivity index (χ2v) is 4.67. The first-order valence-electron chi connectivity index (χ1n) is 5.06. The summed E-state index contributed by atoms with van der Waals surface area (Å²) in [6, 6.07) is 8.07. The van der Waals surface area contributed by atoms with Gasteiger partial charge in [-0.15, -0.1) is 0 Å². The largest absolute Gasteiger partial charge is 0.388 e. The number of para-hydroxylation sites is 1. The average molecular weight is 234 g/mol. The van der Waals surface area contributed by atoms with Gasteiger partial charge in [0.15, 0.2) is 5.13 Å². The van der Waals surface area contributed by atoms with Crippen LogP contribution in [0.5, 0.6) is 0 Å². The van der Waals surface area contributed by atoms with Crippen LogP contribution in [0.4, 0.5) is 5.13 Å². The topological polar surface area (TPSA) is 66.0 Å². The van der Waals surface area contributed by atoms with Crippen LogP contribution in [0.3, 0.4) is 0 Å². The minimum Gasteiger partial charge on any atom is -0.388 e. The first-order chi connectivity index (χ1) is 7.66. The maximum absolute atomic E-state index is 7.19. The summed E-state index contributed by atoms with van der Waals surface area (Å²) in [4.78, 5) is 6.56. The minimum absolute atomic E-state index is 0.216. The van der Waals surface area contributed by atoms with Crippen molar-refractivity contribution in [3.05, 3.63) is 24.3 Å². The summed E-state index contributed by atoms with van der Waals surface area (Å²) < 4.78 is 1.19. The highest BCUT2D eigenvalue weighted by molar-refractivity contribution is 7.22. The molecule has 1 aromatic heterocycles. The molecule has 0 atom stereocenters. The molecular weight excluding hydrogens is 220 g/mol. The van der Waals surface area contributed by atoms with Gasteiger partial charge in [-0.1, -0.05) is 23.5 Å². The third-order valence-electron chi connectivity index (χ3n) is 2.33. The van der Waals surface area contributed by atoms with Crippen molar-refractivity contribution in [3.63, 3.8) is 0 Å². The Morgan fingerprint density at radius 2 is 2.25 bits per heavy atom. The van der Waals surface area contributed by atoms with Crippen LogP contribution in [0.25, 0.3) is 10.2 Å². The molecule has 1 heterocycles. The van der Waals surface area contributed by atoms with Gasteiger partial charge in [-0.2, -0.15) is 0 Å². The molecule has 0 aliphatic carbocycles. The van der Waals surface area contributed by atoms with E-state index in [4.69, 9.17) is 11.1 Å². The monoisotopic (exact) mass is 234 g/mol. The number of hydrogen-bond donors (Lipinski definition) is 2. The fourth-order valence-electron chi connectivity index (χ4n) is 1.41. The van der Waals surface area contributed by atoms with Gasteiger partial charge in [0.2, 0.25) is 0 Å². The summed E-state index contributed by atoms with van der Waals surface area (Å²) in [6.45, 7) is 0.731. The van der Waals surface area contributed by atoms with Crippen LogP contribution < -0.4 is 10.6 Å². The van der Waals surface area contributed by atoms with E-state index in [2.05, 4.69) is 11.1 Å². The molecule has 3 N–H and O–H groups in total. The van der Waals surface area contributed by atoms with Crippen molar-refractivity contribution in [1.82, 2.24) is 4.98 Å². The molecule has 2 rings (SSSR count). The quantitative estimate of drug-likeness (QED) is 0.628. The number of rotatable bonds is 4. The number of aromatic nitrogens is 1. The van der Waals surface area contributed by atoms with E-state index in [-0.39, 0.29) is 5.84 Å². The zero-order valence-corrected chi connectivity index (χ0v) is 9.92. The van der Waals surface area contributed by atoms with E-state index in [0.717, 1.165) is 17.2 Å². The van der Waals surface area contributed by atoms with E-state index in [1.807, 2.05) is 30.1 Å². The van der Waals surface area contributed by atoms with Crippen LogP contribution in [0.15, 0.2) is 24.3 Å². The van der Waals surface area contributed by atoms with Gasteiger partial charge in [0.25, 0.3) is 0 Å². The zero-order chi connectivity index (χ0) is 11.5. The van der Waals surface area contributed by atoms with Crippen LogP contribution in [-0.2, 0) is 0 Å². The van der Waals surface area contributed by atoms with E-state index in [1.54, 1.807) is 11.3 Å². The summed E-state index contributed by atoms with van der Waals surface area (Å²) in [5.41, 5.74) is 6.36. The fraction of sp³-hybridized carbons (Fsp3) is 0.273. The van der Waals surface area contributed by atoms with E-state index in [0.29, 0.717) is 6.42 Å². The van der Waals surface area contributed by atoms with Gasteiger partial charge in [-0.05, 0) is 12.1 Å². The molecule has 0 bridgehead atoms. The Hall–Kier alpha value is -1.62. The Bertz CT molecular complexity index is 472. The molecule has 1 aromatic carbocycles. The lowest BCUT2D eigenvalue weighted by molar-refractivity contribution is 0.906. The second kappa shape index (κ2) is 4.49. The molecule has 5 heteroatoms. The molecule has 2 aromatic rings. The highest BCUT2D eigenvalue weighted by Gasteiger charge is 2.07. The molecule has 0 spiro atoms. The molecular formula is C11H14N4S. The number of anilines is 1. The molecule has 0 aliphatic heterocycles. The van der Waals surface area contributed by atoms with E-state index >= 15 is 0 Å². The summed E-state index contributed by atoms with van der Waals surface area (Å²) >= 11 is 1.66. The Labute approximate surface area is 98.2 Å². The molecule has 0 aliphatic rings. The average Bonchev–Trinajstić information content (AvgIpc) is 2.69. The number of nitrogens with two attached hydrogens (primary N) is 1. The third kappa shape index (κ3) is 2.30. The van der Waals surface area contributed by atoms with Crippen LogP contribution >= 0.6 is 11.3 Å². The van der Waals surface area contributed by atoms with E-state index in [1.165, 1.54) is 4.70 Å². The molecule has 0 radical (unpaired) electrons. The molecule has 16 heavy (non-hydrogen) atoms. The van der Waals surface area contributed by atoms with Crippen LogP contribution in [-0.4, -0.2) is 24.4 Å². The highest BCUT2D eigenvalue weighted by Crippen LogP contribution is 2.27. The van der Waals surface area contributed by atoms with Crippen LogP contribution in [0.1, 0.15) is 6.42 Å². The zero-order valence-electron chi connectivity index (χ0n) is 9.10. The lowest BCUT2D eigenvalue weighted by Gasteiger charge is -2.14. The van der Waals surface area contributed by atoms with Crippen molar-refractivity contribution >= 4 is 32.5 Å². The number of nitrogens with zero attached hydrogens (tertiary/aromatic N) is 2. The van der Waals surface area contributed by atoms with Crippen molar-refractivity contribution in [1.29, 1.82) is 5.41 Å². The summed E-state index contributed by atoms with van der Waals surface area (Å²) in [5, 5.41) is 8.17. The van der Waals surface area contributed by atoms with E-state index in [9.17, 15) is 0 Å². The number of benzene rings is 1. The lowest BCUT2D eigenvalue weighted by Crippen LogP contribution is -2.23. The number of amidine groups is 1. The van der Waals surface area contributed by atoms with Gasteiger partial charge in [0, 0.05) is 20.0 Å². The van der Waals surface area contributed by atoms with Gasteiger partial charge in [0.1, 0.15) is 0 Å². The molecule has 84 valence electrons. The molecule has 0 saturated heterocycles. The second-order valence-electron chi connectivity index (χ2n) is 3.66. The van der Waals surface area contributed by atoms with E-state index < -0.39 is 0 Å². The molecule has 0 fully saturated rings. The maximum Gasteiger partial charge on any atom is 0.186 e. The van der Waals surface area contributed by atoms with Crippen LogP contribution in [0, 0.1) is 5.41 Å². The highest BCUT2D eigenvalue weighted by atomic mass is 32.1. The number of fused-ring (bicyclic) bond motifs is 1. The van der Waals surface area contributed by atoms with Gasteiger partial charge in [-0.3, -0.25) is 5.41 Å². The predicted molar refractivity (Wildman–Crippen MR) is 69.4 cm³/mol. The number of hydrogen-bond acceptors (Lipinski definition) is 4. The SMILES string of the molecule is CN(CCC(=N)N)c1nc2ccccc2s1. The molecule has 4 nitrogen and oxygen atoms in total. The summed E-state index contributed by atoms with van der Waals surface area (Å²) in [5.74, 6) is 0.216. The van der Waals surface area contributed by atoms with Crippen LogP contribution in [0.2, 0.25) is 0 Å². The van der Waals surface area contributed by atoms with Gasteiger partial charge >= 0.3 is 0 Å². The lowest BCUT2D eigenvalue weighted by atomic mass is 10.3. The summed E-state index contributed by atoms with van der Waals surface area (Å²) in [6.07, 6.45) is 0.576. The van der Waals surface area contributed by atoms with Crippen molar-refractivity contribution < 1.29 is 0 Å². The predicted octanol–water partition coefficient (Wildman–Crippen LogP) is 2.06. The Balaban J connectivity index is 2.16. The van der Waals surface area contributed by atoms with Gasteiger partial charge in [-0.25, -0.2) is 4.98 Å². The molecule has 0 saturated carbocycles. The Kier molecular flexibility index (Phi) is 3.05. The van der Waals surface area contributed by atoms with Gasteiger partial charge in [0.05, 0.1) is 16.1 Å². The van der Waals surface area contributed by atoms with Crippen molar-refractivity contribution in [2.24, 2.45) is 5.73 Å². The fourth-order valence-corrected chi connectivity index (χ4v) is 2.36. The van der Waals surface area contributed by atoms with Crippen molar-refractivity contribution in [3.8, 4) is 0 Å². The number of nitrogens with one attached hydrogen (secondary N) is 1. The first-order valence-corrected chi connectivity index (χ1v) is 5.88. The maximum atomic E-state index is 7.19. The molecule has 0 unspecified atom stereocenters. The normalized spacial score (nSPS) is 10.6. The Morgan fingerprint density at radius 3 is 2.94 bits per heavy atom. The smallest absolute Gasteiger partial charge is 0.186 e. The first kappa shape index (κ1) is 10.9. The summed E-state index contributed by atoms with van der Waals surface area (Å²) in [7, 11) is 1.97. The Morgan fingerprint density at radius 1 is 1.50 bits per heavy atom. The van der Waals surface area contributed by atoms with Gasteiger partial charge < -0.3 is 10.6 Å². The minimum atomic E-state index is 0.216. The molecule has 0 amide bonds.